The maximum absolute atomic E-state index is 13.4. The van der Waals surface area contributed by atoms with E-state index < -0.39 is 35.2 Å². The molecule has 8 nitrogen and oxygen atoms in total. The number of aromatic amines is 1. The van der Waals surface area contributed by atoms with Gasteiger partial charge in [-0.2, -0.15) is 31.4 Å². The number of nitrogens with one attached hydrogen (secondary N) is 1. The number of nitrogens with zero attached hydrogens (tertiary/aromatic N) is 4. The third-order valence-electron chi connectivity index (χ3n) is 7.58. The number of ether oxygens (including phenoxy) is 1. The summed E-state index contributed by atoms with van der Waals surface area (Å²) in [4.78, 5) is 32.4. The number of unbranched alkanes of at least 4 members (excludes halogenated alkanes) is 2. The molecule has 0 bridgehead atoms. The van der Waals surface area contributed by atoms with Gasteiger partial charge in [0.2, 0.25) is 0 Å². The molecule has 1 saturated heterocycles. The molecule has 0 saturated carbocycles. The van der Waals surface area contributed by atoms with E-state index in [0.717, 1.165) is 44.4 Å². The lowest BCUT2D eigenvalue weighted by molar-refractivity contribution is -0.151. The van der Waals surface area contributed by atoms with Gasteiger partial charge in [0, 0.05) is 38.1 Å². The van der Waals surface area contributed by atoms with Crippen LogP contribution in [0.15, 0.2) is 33.2 Å². The third-order valence-corrected chi connectivity index (χ3v) is 7.58. The Morgan fingerprint density at radius 3 is 2.34 bits per heavy atom. The van der Waals surface area contributed by atoms with Gasteiger partial charge in [-0.3, -0.25) is 19.5 Å². The van der Waals surface area contributed by atoms with Gasteiger partial charge in [0.05, 0.1) is 23.9 Å². The Morgan fingerprint density at radius 2 is 1.79 bits per heavy atom. The largest absolute Gasteiger partial charge is 0.422 e. The summed E-state index contributed by atoms with van der Waals surface area (Å²) >= 11 is 0. The smallest absolute Gasteiger partial charge is 0.366 e. The summed E-state index contributed by atoms with van der Waals surface area (Å²) in [6.07, 6.45) is -0.829. The molecular weight excluding hydrogens is 628 g/mol. The van der Waals surface area contributed by atoms with E-state index in [-0.39, 0.29) is 29.6 Å². The van der Waals surface area contributed by atoms with E-state index in [1.54, 1.807) is 13.0 Å². The van der Waals surface area contributed by atoms with Crippen LogP contribution in [0.2, 0.25) is 0 Å². The number of aliphatic imine (C=N–C) groups is 1. The van der Waals surface area contributed by atoms with Crippen molar-refractivity contribution in [2.45, 2.75) is 118 Å². The van der Waals surface area contributed by atoms with Gasteiger partial charge in [0.15, 0.2) is 0 Å². The van der Waals surface area contributed by atoms with Gasteiger partial charge in [-0.05, 0) is 51.5 Å². The molecule has 1 aromatic rings. The van der Waals surface area contributed by atoms with Gasteiger partial charge in [-0.1, -0.05) is 59.6 Å². The van der Waals surface area contributed by atoms with Gasteiger partial charge >= 0.3 is 12.4 Å². The second-order valence-electron chi connectivity index (χ2n) is 11.0. The number of carbonyl (C=O) groups is 1. The normalized spacial score (nSPS) is 19.1. The first-order valence-electron chi connectivity index (χ1n) is 16.5. The number of hydrogen-bond donors (Lipinski definition) is 1. The lowest BCUT2D eigenvalue weighted by Gasteiger charge is -2.38. The maximum atomic E-state index is 13.4. The molecule has 1 aliphatic heterocycles. The monoisotopic (exact) mass is 679 g/mol. The average Bonchev–Trinajstić information content (AvgIpc) is 3.44. The summed E-state index contributed by atoms with van der Waals surface area (Å²) in [5, 5.41) is 5.97. The van der Waals surface area contributed by atoms with Crippen molar-refractivity contribution in [1.82, 2.24) is 20.0 Å². The first-order chi connectivity index (χ1) is 22.2. The summed E-state index contributed by atoms with van der Waals surface area (Å²) in [6, 6.07) is -0.369. The fraction of sp³-hybridized carbons (Fsp3) is 0.697. The van der Waals surface area contributed by atoms with Crippen LogP contribution in [-0.4, -0.2) is 77.2 Å². The molecule has 1 amide bonds. The zero-order valence-electron chi connectivity index (χ0n) is 28.7. The molecule has 1 aromatic heterocycles. The highest BCUT2D eigenvalue weighted by Gasteiger charge is 2.43. The molecule has 2 aliphatic rings. The van der Waals surface area contributed by atoms with Crippen molar-refractivity contribution < 1.29 is 35.9 Å². The Balaban J connectivity index is 0.000000582. The number of alkyl halides is 6. The van der Waals surface area contributed by atoms with Crippen LogP contribution in [-0.2, 0) is 22.1 Å². The molecule has 47 heavy (non-hydrogen) atoms. The van der Waals surface area contributed by atoms with E-state index in [2.05, 4.69) is 17.0 Å². The van der Waals surface area contributed by atoms with Crippen molar-refractivity contribution in [3.63, 3.8) is 0 Å². The van der Waals surface area contributed by atoms with Crippen LogP contribution in [0.3, 0.4) is 0 Å². The third kappa shape index (κ3) is 12.9. The van der Waals surface area contributed by atoms with Crippen molar-refractivity contribution in [3.05, 3.63) is 50.6 Å². The zero-order valence-corrected chi connectivity index (χ0v) is 28.7. The lowest BCUT2D eigenvalue weighted by Crippen LogP contribution is -2.52. The molecule has 1 N–H and O–H groups in total. The molecule has 2 unspecified atom stereocenters. The number of allylic oxidation sites excluding steroid dienone is 4. The quantitative estimate of drug-likeness (QED) is 0.146. The second kappa shape index (κ2) is 20.4. The van der Waals surface area contributed by atoms with Crippen molar-refractivity contribution in [2.24, 2.45) is 4.99 Å². The lowest BCUT2D eigenvalue weighted by atomic mass is 10.1. The number of morpholine rings is 1. The van der Waals surface area contributed by atoms with Crippen LogP contribution >= 0.6 is 0 Å². The number of carbonyl (C=O) groups excluding carboxylic acids is 1. The van der Waals surface area contributed by atoms with Crippen LogP contribution in [0, 0.1) is 0 Å². The van der Waals surface area contributed by atoms with Crippen molar-refractivity contribution in [3.8, 4) is 0 Å². The van der Waals surface area contributed by atoms with E-state index in [1.165, 1.54) is 6.92 Å². The first kappa shape index (κ1) is 42.0. The standard InChI is InChI=1S/C21H31F3N4O3.C10H14F3N.C2H6/c1-3-5-6-10-27(9-4-2)20(30)16-13-28(11-12-31-16)15-8-7-14-17(21(22,23)24)19(29)26-25-18(14)15;1-4-6-8(3)14-7-9(5-2)10(11,12)13;1-2/h15-16H,3-13H2,1-2H3,(H,26,29);5-7H,4H2,1-3H3;1-2H3/b;8-6+,9-5+,14-7+;. The molecule has 0 spiro atoms. The van der Waals surface area contributed by atoms with Crippen LogP contribution in [0.4, 0.5) is 26.3 Å². The van der Waals surface area contributed by atoms with Gasteiger partial charge < -0.3 is 9.64 Å². The number of hydrogen-bond acceptors (Lipinski definition) is 6. The Morgan fingerprint density at radius 1 is 1.11 bits per heavy atom. The van der Waals surface area contributed by atoms with Gasteiger partial charge in [-0.25, -0.2) is 5.10 Å². The molecule has 2 heterocycles. The fourth-order valence-corrected chi connectivity index (χ4v) is 5.39. The molecule has 2 atom stereocenters. The summed E-state index contributed by atoms with van der Waals surface area (Å²) in [5.74, 6) is -0.0636. The molecule has 3 rings (SSSR count). The molecule has 1 fully saturated rings. The molecule has 1 aliphatic carbocycles. The maximum Gasteiger partial charge on any atom is 0.422 e. The Labute approximate surface area is 274 Å². The minimum atomic E-state index is -4.72. The molecule has 0 radical (unpaired) electrons. The highest BCUT2D eigenvalue weighted by Crippen LogP contribution is 2.40. The number of rotatable bonds is 11. The molecule has 0 aromatic carbocycles. The van der Waals surface area contributed by atoms with E-state index in [1.807, 2.05) is 42.6 Å². The van der Waals surface area contributed by atoms with E-state index in [4.69, 9.17) is 4.74 Å². The molecule has 14 heteroatoms. The summed E-state index contributed by atoms with van der Waals surface area (Å²) < 4.78 is 82.5. The molecular formula is C33H51F6N5O3. The minimum absolute atomic E-state index is 0.0252. The number of H-pyrrole nitrogens is 1. The summed E-state index contributed by atoms with van der Waals surface area (Å²) in [5.41, 5.74) is -2.25. The second-order valence-corrected chi connectivity index (χ2v) is 11.0. The highest BCUT2D eigenvalue weighted by molar-refractivity contribution is 5.81. The summed E-state index contributed by atoms with van der Waals surface area (Å²) in [7, 11) is 0. The minimum Gasteiger partial charge on any atom is -0.366 e. The van der Waals surface area contributed by atoms with Crippen LogP contribution in [0.5, 0.6) is 0 Å². The van der Waals surface area contributed by atoms with Crippen LogP contribution in [0.1, 0.15) is 110 Å². The zero-order chi connectivity index (χ0) is 35.8. The number of halogens is 6. The van der Waals surface area contributed by atoms with Crippen molar-refractivity contribution in [1.29, 1.82) is 0 Å². The Kier molecular flexibility index (Phi) is 18.2. The average molecular weight is 680 g/mol. The predicted molar refractivity (Wildman–Crippen MR) is 172 cm³/mol. The SMILES string of the molecule is CC.CCCCCN(CCC)C(=O)C1CN(C2CCc3c2n[nH]c(=O)c3C(F)(F)F)CCO1.C\C=C(/C=N/C(C)=C/CC)C(F)(F)F. The highest BCUT2D eigenvalue weighted by atomic mass is 19.4. The number of aromatic nitrogens is 2. The number of fused-ring (bicyclic) bond motifs is 1. The van der Waals surface area contributed by atoms with Gasteiger partial charge in [-0.15, -0.1) is 0 Å². The van der Waals surface area contributed by atoms with Crippen LogP contribution < -0.4 is 5.56 Å². The predicted octanol–water partition coefficient (Wildman–Crippen LogP) is 7.81. The van der Waals surface area contributed by atoms with E-state index in [0.29, 0.717) is 44.9 Å². The van der Waals surface area contributed by atoms with Crippen molar-refractivity contribution >= 4 is 12.1 Å². The number of amides is 1. The van der Waals surface area contributed by atoms with E-state index in [9.17, 15) is 35.9 Å². The van der Waals surface area contributed by atoms with Gasteiger partial charge in [0.1, 0.15) is 11.7 Å². The molecule has 268 valence electrons. The van der Waals surface area contributed by atoms with Crippen molar-refractivity contribution in [2.75, 3.05) is 32.8 Å². The van der Waals surface area contributed by atoms with Crippen LogP contribution in [0.25, 0.3) is 0 Å². The van der Waals surface area contributed by atoms with E-state index >= 15 is 0 Å². The summed E-state index contributed by atoms with van der Waals surface area (Å²) in [6.45, 7) is 15.5. The topological polar surface area (TPSA) is 90.9 Å². The first-order valence-corrected chi connectivity index (χ1v) is 16.5. The Hall–Kier alpha value is -3.00. The Bertz CT molecular complexity index is 1260. The fourth-order valence-electron chi connectivity index (χ4n) is 5.39. The van der Waals surface area contributed by atoms with Gasteiger partial charge in [0.25, 0.3) is 11.5 Å².